The topological polar surface area (TPSA) is 88.4 Å². The number of hydrogen-bond acceptors (Lipinski definition) is 4. The molecule has 6 nitrogen and oxygen atoms in total. The van der Waals surface area contributed by atoms with E-state index < -0.39 is 24.5 Å². The van der Waals surface area contributed by atoms with Gasteiger partial charge in [-0.15, -0.1) is 0 Å². The smallest absolute Gasteiger partial charge is 0.405 e. The molecule has 2 aromatic carbocycles. The van der Waals surface area contributed by atoms with Crippen molar-refractivity contribution in [1.82, 2.24) is 5.32 Å². The normalized spacial score (nSPS) is 11.1. The molecule has 0 fully saturated rings. The highest BCUT2D eigenvalue weighted by Gasteiger charge is 2.28. The van der Waals surface area contributed by atoms with Crippen molar-refractivity contribution in [1.29, 1.82) is 0 Å². The molecular formula is C22H17F3N2O4. The van der Waals surface area contributed by atoms with Crippen LogP contribution >= 0.6 is 0 Å². The van der Waals surface area contributed by atoms with Gasteiger partial charge < -0.3 is 15.1 Å². The van der Waals surface area contributed by atoms with Crippen LogP contribution in [0.2, 0.25) is 0 Å². The number of ketones is 1. The summed E-state index contributed by atoms with van der Waals surface area (Å²) in [5, 5.41) is 4.30. The molecule has 0 aliphatic carbocycles. The number of nitrogens with one attached hydrogen (secondary N) is 2. The Kier molecular flexibility index (Phi) is 6.24. The van der Waals surface area contributed by atoms with Gasteiger partial charge in [0.15, 0.2) is 11.5 Å². The van der Waals surface area contributed by atoms with Crippen molar-refractivity contribution in [3.63, 3.8) is 0 Å². The third kappa shape index (κ3) is 5.81. The van der Waals surface area contributed by atoms with E-state index >= 15 is 0 Å². The molecule has 0 unspecified atom stereocenters. The number of anilines is 1. The summed E-state index contributed by atoms with van der Waals surface area (Å²) in [7, 11) is 0. The second-order valence-corrected chi connectivity index (χ2v) is 6.63. The van der Waals surface area contributed by atoms with E-state index in [1.165, 1.54) is 37.3 Å². The molecule has 2 amide bonds. The Morgan fingerprint density at radius 2 is 1.61 bits per heavy atom. The van der Waals surface area contributed by atoms with E-state index in [0.717, 1.165) is 0 Å². The van der Waals surface area contributed by atoms with Crippen molar-refractivity contribution in [3.8, 4) is 11.3 Å². The maximum absolute atomic E-state index is 12.4. The molecular weight excluding hydrogens is 413 g/mol. The largest absolute Gasteiger partial charge is 0.451 e. The summed E-state index contributed by atoms with van der Waals surface area (Å²) in [4.78, 5) is 35.7. The van der Waals surface area contributed by atoms with Crippen LogP contribution in [0.25, 0.3) is 11.3 Å². The van der Waals surface area contributed by atoms with Crippen LogP contribution in [0.5, 0.6) is 0 Å². The summed E-state index contributed by atoms with van der Waals surface area (Å²) in [6.07, 6.45) is -4.52. The molecule has 0 aliphatic rings. The van der Waals surface area contributed by atoms with Crippen LogP contribution in [-0.2, 0) is 0 Å². The van der Waals surface area contributed by atoms with Crippen molar-refractivity contribution >= 4 is 23.3 Å². The van der Waals surface area contributed by atoms with Gasteiger partial charge in [-0.1, -0.05) is 30.3 Å². The van der Waals surface area contributed by atoms with Gasteiger partial charge in [-0.25, -0.2) is 0 Å². The van der Waals surface area contributed by atoms with Crippen molar-refractivity contribution < 1.29 is 32.0 Å². The molecule has 2 N–H and O–H groups in total. The van der Waals surface area contributed by atoms with Crippen LogP contribution in [0.3, 0.4) is 0 Å². The molecule has 3 aromatic rings. The third-order valence-corrected chi connectivity index (χ3v) is 4.24. The first kappa shape index (κ1) is 21.8. The summed E-state index contributed by atoms with van der Waals surface area (Å²) in [6.45, 7) is 0.00424. The number of Topliss-reactive ketones (excluding diaryl/α,β-unsaturated/α-hetero) is 1. The Morgan fingerprint density at radius 1 is 0.903 bits per heavy atom. The van der Waals surface area contributed by atoms with Gasteiger partial charge in [0.1, 0.15) is 12.3 Å². The molecule has 0 radical (unpaired) electrons. The number of furan rings is 1. The molecule has 0 atom stereocenters. The van der Waals surface area contributed by atoms with E-state index in [1.807, 2.05) is 0 Å². The SMILES string of the molecule is CC(=O)c1ccc(-c2ccc(C(=O)Nc3cccc(C(=O)NCC(F)(F)F)c3)o2)cc1. The lowest BCUT2D eigenvalue weighted by atomic mass is 10.1. The summed E-state index contributed by atoms with van der Waals surface area (Å²) in [5.41, 5.74) is 1.40. The van der Waals surface area contributed by atoms with Crippen LogP contribution in [0.4, 0.5) is 18.9 Å². The summed E-state index contributed by atoms with van der Waals surface area (Å²) in [5.74, 6) is -1.17. The monoisotopic (exact) mass is 430 g/mol. The minimum absolute atomic E-state index is 0.00225. The van der Waals surface area contributed by atoms with Crippen LogP contribution in [0.15, 0.2) is 65.1 Å². The highest BCUT2D eigenvalue weighted by atomic mass is 19.4. The number of carbonyl (C=O) groups is 3. The lowest BCUT2D eigenvalue weighted by Crippen LogP contribution is -2.33. The van der Waals surface area contributed by atoms with E-state index in [-0.39, 0.29) is 22.8 Å². The Hall–Kier alpha value is -3.88. The fourth-order valence-electron chi connectivity index (χ4n) is 2.70. The molecule has 1 heterocycles. The van der Waals surface area contributed by atoms with Crippen LogP contribution in [-0.4, -0.2) is 30.3 Å². The molecule has 0 saturated carbocycles. The van der Waals surface area contributed by atoms with Gasteiger partial charge in [-0.3, -0.25) is 14.4 Å². The Morgan fingerprint density at radius 3 is 2.26 bits per heavy atom. The fourth-order valence-corrected chi connectivity index (χ4v) is 2.70. The first-order chi connectivity index (χ1) is 14.6. The third-order valence-electron chi connectivity index (χ3n) is 4.24. The van der Waals surface area contributed by atoms with Gasteiger partial charge in [0.05, 0.1) is 0 Å². The first-order valence-electron chi connectivity index (χ1n) is 9.10. The van der Waals surface area contributed by atoms with Gasteiger partial charge in [0, 0.05) is 22.4 Å². The van der Waals surface area contributed by atoms with E-state index in [4.69, 9.17) is 4.42 Å². The second-order valence-electron chi connectivity index (χ2n) is 6.63. The van der Waals surface area contributed by atoms with Crippen molar-refractivity contribution in [2.75, 3.05) is 11.9 Å². The Labute approximate surface area is 175 Å². The van der Waals surface area contributed by atoms with Crippen LogP contribution < -0.4 is 10.6 Å². The number of benzene rings is 2. The Balaban J connectivity index is 1.68. The number of alkyl halides is 3. The van der Waals surface area contributed by atoms with Crippen molar-refractivity contribution in [2.45, 2.75) is 13.1 Å². The quantitative estimate of drug-likeness (QED) is 0.555. The zero-order chi connectivity index (χ0) is 22.6. The summed E-state index contributed by atoms with van der Waals surface area (Å²) in [6, 6.07) is 15.3. The molecule has 1 aromatic heterocycles. The highest BCUT2D eigenvalue weighted by Crippen LogP contribution is 2.23. The zero-order valence-electron chi connectivity index (χ0n) is 16.2. The number of rotatable bonds is 6. The Bertz CT molecular complexity index is 1120. The zero-order valence-corrected chi connectivity index (χ0v) is 16.2. The molecule has 0 spiro atoms. The minimum atomic E-state index is -4.52. The predicted molar refractivity (Wildman–Crippen MR) is 107 cm³/mol. The van der Waals surface area contributed by atoms with Gasteiger partial charge in [-0.2, -0.15) is 13.2 Å². The summed E-state index contributed by atoms with van der Waals surface area (Å²) >= 11 is 0. The van der Waals surface area contributed by atoms with Crippen molar-refractivity contribution in [2.24, 2.45) is 0 Å². The van der Waals surface area contributed by atoms with Crippen LogP contribution in [0, 0.1) is 0 Å². The van der Waals surface area contributed by atoms with Gasteiger partial charge in [-0.05, 0) is 37.3 Å². The molecule has 31 heavy (non-hydrogen) atoms. The molecule has 0 bridgehead atoms. The molecule has 160 valence electrons. The van der Waals surface area contributed by atoms with E-state index in [0.29, 0.717) is 16.9 Å². The van der Waals surface area contributed by atoms with Crippen molar-refractivity contribution in [3.05, 3.63) is 77.6 Å². The molecule has 9 heteroatoms. The molecule has 0 aliphatic heterocycles. The lowest BCUT2D eigenvalue weighted by molar-refractivity contribution is -0.123. The maximum atomic E-state index is 12.4. The van der Waals surface area contributed by atoms with E-state index in [1.54, 1.807) is 35.6 Å². The van der Waals surface area contributed by atoms with Gasteiger partial charge >= 0.3 is 6.18 Å². The number of halogens is 3. The van der Waals surface area contributed by atoms with Gasteiger partial charge in [0.25, 0.3) is 11.8 Å². The average Bonchev–Trinajstić information content (AvgIpc) is 3.22. The van der Waals surface area contributed by atoms with Gasteiger partial charge in [0.2, 0.25) is 0 Å². The minimum Gasteiger partial charge on any atom is -0.451 e. The first-order valence-corrected chi connectivity index (χ1v) is 9.10. The summed E-state index contributed by atoms with van der Waals surface area (Å²) < 4.78 is 42.3. The maximum Gasteiger partial charge on any atom is 0.405 e. The standard InChI is InChI=1S/C22H17F3N2O4/c1-13(28)14-5-7-15(8-6-14)18-9-10-19(31-18)21(30)27-17-4-2-3-16(11-17)20(29)26-12-22(23,24)25/h2-11H,12H2,1H3,(H,26,29)(H,27,30). The highest BCUT2D eigenvalue weighted by molar-refractivity contribution is 6.03. The number of amides is 2. The number of carbonyl (C=O) groups excluding carboxylic acids is 3. The van der Waals surface area contributed by atoms with E-state index in [2.05, 4.69) is 5.32 Å². The fraction of sp³-hybridized carbons (Fsp3) is 0.136. The predicted octanol–water partition coefficient (Wildman–Crippen LogP) is 4.69. The molecule has 3 rings (SSSR count). The lowest BCUT2D eigenvalue weighted by Gasteiger charge is -2.09. The molecule has 0 saturated heterocycles. The average molecular weight is 430 g/mol. The second kappa shape index (κ2) is 8.86. The number of hydrogen-bond donors (Lipinski definition) is 2. The van der Waals surface area contributed by atoms with E-state index in [9.17, 15) is 27.6 Å². The van der Waals surface area contributed by atoms with Crippen LogP contribution in [0.1, 0.15) is 38.2 Å².